The van der Waals surface area contributed by atoms with Crippen LogP contribution in [0.25, 0.3) is 33.3 Å². The smallest absolute Gasteiger partial charge is 0.183 e. The molecule has 5 heteroatoms. The number of hydrogen-bond donors (Lipinski definition) is 0. The summed E-state index contributed by atoms with van der Waals surface area (Å²) >= 11 is 6.19. The zero-order chi connectivity index (χ0) is 18.6. The molecule has 0 atom stereocenters. The van der Waals surface area contributed by atoms with Gasteiger partial charge >= 0.3 is 0 Å². The lowest BCUT2D eigenvalue weighted by Crippen LogP contribution is -2.15. The van der Waals surface area contributed by atoms with Gasteiger partial charge in [-0.2, -0.15) is 0 Å². The van der Waals surface area contributed by atoms with Gasteiger partial charge in [0.1, 0.15) is 0 Å². The summed E-state index contributed by atoms with van der Waals surface area (Å²) in [6.07, 6.45) is 0. The number of rotatable bonds is 1. The highest BCUT2D eigenvalue weighted by Gasteiger charge is 2.32. The third-order valence-electron chi connectivity index (χ3n) is 4.92. The molecule has 132 valence electrons. The van der Waals surface area contributed by atoms with Crippen LogP contribution in [0.3, 0.4) is 0 Å². The third-order valence-corrected chi connectivity index (χ3v) is 6.85. The van der Waals surface area contributed by atoms with E-state index in [4.69, 9.17) is 16.6 Å². The Bertz CT molecular complexity index is 1320. The molecule has 0 saturated carbocycles. The number of halogens is 1. The molecule has 0 N–H and O–H groups in total. The first-order chi connectivity index (χ1) is 13.0. The number of hydrogen-bond acceptors (Lipinski definition) is 3. The summed E-state index contributed by atoms with van der Waals surface area (Å²) < 4.78 is 26.0. The van der Waals surface area contributed by atoms with E-state index in [0.29, 0.717) is 21.2 Å². The molecule has 1 aromatic heterocycles. The maximum atomic E-state index is 13.0. The Hall–Kier alpha value is -2.69. The molecule has 0 fully saturated rings. The Morgan fingerprint density at radius 3 is 2.44 bits per heavy atom. The topological polar surface area (TPSA) is 47.0 Å². The van der Waals surface area contributed by atoms with E-state index < -0.39 is 9.84 Å². The van der Waals surface area contributed by atoms with Crippen molar-refractivity contribution in [2.75, 3.05) is 0 Å². The molecule has 0 radical (unpaired) electrons. The minimum Gasteiger partial charge on any atom is -0.247 e. The van der Waals surface area contributed by atoms with Crippen LogP contribution in [0.1, 0.15) is 5.56 Å². The Kier molecular flexibility index (Phi) is 3.61. The van der Waals surface area contributed by atoms with E-state index in [2.05, 4.69) is 0 Å². The first-order valence-corrected chi connectivity index (χ1v) is 10.6. The number of fused-ring (bicyclic) bond motifs is 4. The van der Waals surface area contributed by atoms with Gasteiger partial charge in [-0.1, -0.05) is 60.1 Å². The van der Waals surface area contributed by atoms with Crippen LogP contribution in [0, 0.1) is 0 Å². The molecule has 5 rings (SSSR count). The highest BCUT2D eigenvalue weighted by atomic mass is 35.5. The van der Waals surface area contributed by atoms with Crippen LogP contribution in [0.4, 0.5) is 0 Å². The van der Waals surface area contributed by atoms with Crippen LogP contribution >= 0.6 is 11.6 Å². The molecule has 27 heavy (non-hydrogen) atoms. The zero-order valence-electron chi connectivity index (χ0n) is 14.2. The van der Waals surface area contributed by atoms with Crippen LogP contribution in [0.2, 0.25) is 5.02 Å². The Labute approximate surface area is 162 Å². The van der Waals surface area contributed by atoms with Crippen molar-refractivity contribution in [2.24, 2.45) is 0 Å². The van der Waals surface area contributed by atoms with Gasteiger partial charge in [-0.3, -0.25) is 0 Å². The summed E-state index contributed by atoms with van der Waals surface area (Å²) in [6.45, 7) is 0. The van der Waals surface area contributed by atoms with Crippen LogP contribution in [-0.2, 0) is 15.6 Å². The summed E-state index contributed by atoms with van der Waals surface area (Å²) in [6, 6.07) is 22.6. The number of para-hydroxylation sites is 1. The predicted octanol–water partition coefficient (Wildman–Crippen LogP) is 5.51. The van der Waals surface area contributed by atoms with Crippen molar-refractivity contribution < 1.29 is 8.42 Å². The molecule has 0 amide bonds. The summed E-state index contributed by atoms with van der Waals surface area (Å²) in [5.74, 6) is -0.0704. The monoisotopic (exact) mass is 391 g/mol. The van der Waals surface area contributed by atoms with E-state index in [-0.39, 0.29) is 5.75 Å². The quantitative estimate of drug-likeness (QED) is 0.430. The van der Waals surface area contributed by atoms with E-state index in [0.717, 1.165) is 27.6 Å². The van der Waals surface area contributed by atoms with Gasteiger partial charge in [0.25, 0.3) is 0 Å². The van der Waals surface area contributed by atoms with Gasteiger partial charge in [-0.05, 0) is 35.4 Å². The van der Waals surface area contributed by atoms with E-state index in [1.54, 1.807) is 18.2 Å². The maximum Gasteiger partial charge on any atom is 0.183 e. The first kappa shape index (κ1) is 16.5. The van der Waals surface area contributed by atoms with Gasteiger partial charge in [-0.15, -0.1) is 0 Å². The molecule has 0 saturated heterocycles. The van der Waals surface area contributed by atoms with Gasteiger partial charge in [0, 0.05) is 21.5 Å². The van der Waals surface area contributed by atoms with Gasteiger partial charge in [0.05, 0.1) is 21.9 Å². The van der Waals surface area contributed by atoms with Crippen molar-refractivity contribution in [3.63, 3.8) is 0 Å². The van der Waals surface area contributed by atoms with Crippen LogP contribution < -0.4 is 0 Å². The lowest BCUT2D eigenvalue weighted by atomic mass is 9.92. The molecular weight excluding hydrogens is 378 g/mol. The van der Waals surface area contributed by atoms with E-state index in [1.807, 2.05) is 54.6 Å². The molecule has 3 nitrogen and oxygen atoms in total. The number of sulfone groups is 1. The van der Waals surface area contributed by atoms with Crippen molar-refractivity contribution >= 4 is 32.3 Å². The minimum absolute atomic E-state index is 0.0704. The van der Waals surface area contributed by atoms with Crippen LogP contribution in [0.5, 0.6) is 0 Å². The number of aromatic nitrogens is 1. The van der Waals surface area contributed by atoms with Crippen molar-refractivity contribution in [1.29, 1.82) is 0 Å². The fourth-order valence-corrected chi connectivity index (χ4v) is 5.53. The lowest BCUT2D eigenvalue weighted by Gasteiger charge is -2.23. The van der Waals surface area contributed by atoms with Crippen LogP contribution in [0.15, 0.2) is 77.7 Å². The van der Waals surface area contributed by atoms with E-state index in [9.17, 15) is 8.42 Å². The summed E-state index contributed by atoms with van der Waals surface area (Å²) in [7, 11) is -3.47. The van der Waals surface area contributed by atoms with Crippen molar-refractivity contribution in [3.05, 3.63) is 83.4 Å². The molecule has 1 aliphatic heterocycles. The van der Waals surface area contributed by atoms with Gasteiger partial charge in [0.2, 0.25) is 0 Å². The summed E-state index contributed by atoms with van der Waals surface area (Å²) in [5, 5.41) is 1.44. The second-order valence-electron chi connectivity index (χ2n) is 6.60. The van der Waals surface area contributed by atoms with Crippen molar-refractivity contribution in [2.45, 2.75) is 10.6 Å². The highest BCUT2D eigenvalue weighted by Crippen LogP contribution is 2.44. The second kappa shape index (κ2) is 5.91. The Balaban J connectivity index is 1.98. The van der Waals surface area contributed by atoms with Gasteiger partial charge < -0.3 is 0 Å². The fourth-order valence-electron chi connectivity index (χ4n) is 3.78. The van der Waals surface area contributed by atoms with E-state index >= 15 is 0 Å². The zero-order valence-corrected chi connectivity index (χ0v) is 15.8. The molecule has 1 aliphatic rings. The largest absolute Gasteiger partial charge is 0.247 e. The number of nitrogens with zero attached hydrogens (tertiary/aromatic N) is 1. The Morgan fingerprint density at radius 2 is 1.63 bits per heavy atom. The maximum absolute atomic E-state index is 13.0. The average Bonchev–Trinajstić information content (AvgIpc) is 2.67. The van der Waals surface area contributed by atoms with Crippen molar-refractivity contribution in [1.82, 2.24) is 4.98 Å². The minimum atomic E-state index is -3.47. The summed E-state index contributed by atoms with van der Waals surface area (Å²) in [5.41, 5.74) is 4.74. The third kappa shape index (κ3) is 2.56. The molecule has 0 unspecified atom stereocenters. The number of benzene rings is 3. The first-order valence-electron chi connectivity index (χ1n) is 8.54. The SMILES string of the molecule is O=S1(=O)Cc2c(nc3ccccc3c2-c2ccccc2)-c2cc(Cl)ccc21. The summed E-state index contributed by atoms with van der Waals surface area (Å²) in [4.78, 5) is 5.12. The molecule has 2 heterocycles. The second-order valence-corrected chi connectivity index (χ2v) is 8.99. The average molecular weight is 392 g/mol. The standard InChI is InChI=1S/C22H14ClNO2S/c23-15-10-11-20-17(12-15)22-18(13-27(20,25)26)21(14-6-2-1-3-7-14)16-8-4-5-9-19(16)24-22/h1-12H,13H2. The van der Waals surface area contributed by atoms with Crippen molar-refractivity contribution in [3.8, 4) is 22.4 Å². The van der Waals surface area contributed by atoms with Gasteiger partial charge in [0.15, 0.2) is 9.84 Å². The molecule has 0 aliphatic carbocycles. The Morgan fingerprint density at radius 1 is 0.889 bits per heavy atom. The van der Waals surface area contributed by atoms with E-state index in [1.165, 1.54) is 0 Å². The molecular formula is C22H14ClNO2S. The van der Waals surface area contributed by atoms with Crippen LogP contribution in [-0.4, -0.2) is 13.4 Å². The normalized spacial score (nSPS) is 14.6. The fraction of sp³-hybridized carbons (Fsp3) is 0.0455. The molecule has 0 spiro atoms. The lowest BCUT2D eigenvalue weighted by molar-refractivity contribution is 0.594. The molecule has 0 bridgehead atoms. The number of pyridine rings is 1. The molecule has 4 aromatic rings. The molecule has 3 aromatic carbocycles. The predicted molar refractivity (Wildman–Crippen MR) is 109 cm³/mol. The van der Waals surface area contributed by atoms with Gasteiger partial charge in [-0.25, -0.2) is 13.4 Å². The highest BCUT2D eigenvalue weighted by molar-refractivity contribution is 7.91.